The van der Waals surface area contributed by atoms with Gasteiger partial charge in [-0.15, -0.1) is 0 Å². The molecule has 0 heterocycles. The molecule has 4 rings (SSSR count). The van der Waals surface area contributed by atoms with Crippen molar-refractivity contribution in [1.29, 1.82) is 0 Å². The third-order valence-electron chi connectivity index (χ3n) is 6.16. The van der Waals surface area contributed by atoms with Gasteiger partial charge in [-0.25, -0.2) is 0 Å². The molecule has 0 saturated heterocycles. The van der Waals surface area contributed by atoms with Crippen molar-refractivity contribution >= 4 is 5.78 Å². The Kier molecular flexibility index (Phi) is 6.83. The van der Waals surface area contributed by atoms with E-state index in [1.54, 1.807) is 0 Å². The third-order valence-corrected chi connectivity index (χ3v) is 6.16. The summed E-state index contributed by atoms with van der Waals surface area (Å²) in [5, 5.41) is 0. The number of hydrogen-bond donors (Lipinski definition) is 0. The Bertz CT molecular complexity index is 995. The van der Waals surface area contributed by atoms with Crippen LogP contribution in [0.4, 0.5) is 0 Å². The number of carbonyl (C=O) groups is 1. The highest BCUT2D eigenvalue weighted by atomic mass is 16.5. The van der Waals surface area contributed by atoms with Crippen LogP contribution in [0.2, 0.25) is 0 Å². The number of carbonyl (C=O) groups excluding carboxylic acids is 1. The molecule has 3 aromatic carbocycles. The molecule has 2 unspecified atom stereocenters. The average molecular weight is 414 g/mol. The van der Waals surface area contributed by atoms with E-state index < -0.39 is 0 Å². The zero-order valence-corrected chi connectivity index (χ0v) is 18.5. The largest absolute Gasteiger partial charge is 0.494 e. The standard InChI is InChI=1S/C28H31NO2/c1-29(2)19-8-20-31-24-16-13-23(14-17-24)27(22-10-4-3-5-11-22)26-18-15-21-9-6-7-12-25(21)28(26)30/h3-7,9-14,16-17,26-27H,8,15,18-20H2,1-2H3. The van der Waals surface area contributed by atoms with Gasteiger partial charge in [0.15, 0.2) is 5.78 Å². The fourth-order valence-electron chi connectivity index (χ4n) is 4.60. The quantitative estimate of drug-likeness (QED) is 0.451. The molecule has 3 heteroatoms. The van der Waals surface area contributed by atoms with Gasteiger partial charge in [-0.2, -0.15) is 0 Å². The Balaban J connectivity index is 1.58. The van der Waals surface area contributed by atoms with Gasteiger partial charge in [0.1, 0.15) is 5.75 Å². The van der Waals surface area contributed by atoms with E-state index in [9.17, 15) is 4.79 Å². The number of ketones is 1. The first-order chi connectivity index (χ1) is 15.1. The van der Waals surface area contributed by atoms with Gasteiger partial charge < -0.3 is 9.64 Å². The van der Waals surface area contributed by atoms with Crippen molar-refractivity contribution in [3.05, 3.63) is 101 Å². The number of rotatable bonds is 8. The lowest BCUT2D eigenvalue weighted by Gasteiger charge is -2.31. The van der Waals surface area contributed by atoms with Crippen molar-refractivity contribution < 1.29 is 9.53 Å². The second kappa shape index (κ2) is 9.93. The molecule has 0 N–H and O–H groups in total. The molecule has 0 aromatic heterocycles. The maximum atomic E-state index is 13.5. The number of benzene rings is 3. The lowest BCUT2D eigenvalue weighted by molar-refractivity contribution is 0.0889. The van der Waals surface area contributed by atoms with Crippen molar-refractivity contribution in [3.8, 4) is 5.75 Å². The van der Waals surface area contributed by atoms with Crippen LogP contribution < -0.4 is 4.74 Å². The minimum absolute atomic E-state index is 0.0462. The van der Waals surface area contributed by atoms with Crippen molar-refractivity contribution in [2.45, 2.75) is 25.2 Å². The summed E-state index contributed by atoms with van der Waals surface area (Å²) in [7, 11) is 4.15. The summed E-state index contributed by atoms with van der Waals surface area (Å²) in [5.74, 6) is 1.14. The Morgan fingerprint density at radius 2 is 1.58 bits per heavy atom. The van der Waals surface area contributed by atoms with Crippen LogP contribution in [0.3, 0.4) is 0 Å². The summed E-state index contributed by atoms with van der Waals surface area (Å²) in [6, 6.07) is 26.9. The molecule has 3 aromatic rings. The van der Waals surface area contributed by atoms with Crippen LogP contribution in [0.25, 0.3) is 0 Å². The average Bonchev–Trinajstić information content (AvgIpc) is 2.80. The van der Waals surface area contributed by atoms with E-state index in [0.29, 0.717) is 6.61 Å². The predicted molar refractivity (Wildman–Crippen MR) is 126 cm³/mol. The number of ether oxygens (including phenoxy) is 1. The maximum Gasteiger partial charge on any atom is 0.167 e. The molecule has 31 heavy (non-hydrogen) atoms. The number of aryl methyl sites for hydroxylation is 1. The highest BCUT2D eigenvalue weighted by Crippen LogP contribution is 2.40. The summed E-state index contributed by atoms with van der Waals surface area (Å²) < 4.78 is 5.92. The zero-order valence-electron chi connectivity index (χ0n) is 18.5. The second-order valence-corrected chi connectivity index (χ2v) is 8.63. The number of Topliss-reactive ketones (excluding diaryl/α,β-unsaturated/α-hetero) is 1. The van der Waals surface area contributed by atoms with E-state index in [1.807, 2.05) is 36.4 Å². The van der Waals surface area contributed by atoms with Crippen molar-refractivity contribution in [2.75, 3.05) is 27.2 Å². The van der Waals surface area contributed by atoms with Gasteiger partial charge in [0.25, 0.3) is 0 Å². The lowest BCUT2D eigenvalue weighted by atomic mass is 9.71. The molecule has 0 spiro atoms. The molecular formula is C28H31NO2. The lowest BCUT2D eigenvalue weighted by Crippen LogP contribution is -2.28. The molecule has 1 aliphatic carbocycles. The topological polar surface area (TPSA) is 29.5 Å². The highest BCUT2D eigenvalue weighted by molar-refractivity contribution is 6.01. The summed E-state index contributed by atoms with van der Waals surface area (Å²) in [6.07, 6.45) is 2.82. The number of nitrogens with zero attached hydrogens (tertiary/aromatic N) is 1. The molecule has 1 aliphatic rings. The summed E-state index contributed by atoms with van der Waals surface area (Å²) >= 11 is 0. The van der Waals surface area contributed by atoms with Crippen LogP contribution in [0.15, 0.2) is 78.9 Å². The van der Waals surface area contributed by atoms with Gasteiger partial charge >= 0.3 is 0 Å². The minimum Gasteiger partial charge on any atom is -0.494 e. The van der Waals surface area contributed by atoms with Crippen LogP contribution in [-0.2, 0) is 6.42 Å². The molecule has 0 fully saturated rings. The molecule has 160 valence electrons. The fourth-order valence-corrected chi connectivity index (χ4v) is 4.60. The van der Waals surface area contributed by atoms with Crippen molar-refractivity contribution in [3.63, 3.8) is 0 Å². The second-order valence-electron chi connectivity index (χ2n) is 8.63. The molecule has 3 nitrogen and oxygen atoms in total. The summed E-state index contributed by atoms with van der Waals surface area (Å²) in [4.78, 5) is 15.6. The smallest absolute Gasteiger partial charge is 0.167 e. The first kappa shape index (κ1) is 21.3. The highest BCUT2D eigenvalue weighted by Gasteiger charge is 2.35. The van der Waals surface area contributed by atoms with Gasteiger partial charge in [0, 0.05) is 23.9 Å². The van der Waals surface area contributed by atoms with Crippen molar-refractivity contribution in [1.82, 2.24) is 4.90 Å². The van der Waals surface area contributed by atoms with Crippen LogP contribution in [0, 0.1) is 5.92 Å². The predicted octanol–water partition coefficient (Wildman–Crippen LogP) is 5.59. The SMILES string of the molecule is CN(C)CCCOc1ccc(C(c2ccccc2)C2CCc3ccccc3C2=O)cc1. The van der Waals surface area contributed by atoms with E-state index >= 15 is 0 Å². The van der Waals surface area contributed by atoms with Gasteiger partial charge in [0.05, 0.1) is 6.61 Å². The Morgan fingerprint density at radius 3 is 2.32 bits per heavy atom. The van der Waals surface area contributed by atoms with Crippen LogP contribution in [0.5, 0.6) is 5.75 Å². The normalized spacial score (nSPS) is 16.7. The fraction of sp³-hybridized carbons (Fsp3) is 0.321. The summed E-state index contributed by atoms with van der Waals surface area (Å²) in [6.45, 7) is 1.72. The Hall–Kier alpha value is -2.91. The molecule has 0 amide bonds. The molecule has 0 saturated carbocycles. The molecule has 0 aliphatic heterocycles. The van der Waals surface area contributed by atoms with E-state index in [2.05, 4.69) is 61.5 Å². The van der Waals surface area contributed by atoms with E-state index in [0.717, 1.165) is 37.1 Å². The first-order valence-electron chi connectivity index (χ1n) is 11.2. The Labute approximate surface area is 185 Å². The monoisotopic (exact) mass is 413 g/mol. The van der Waals surface area contributed by atoms with Gasteiger partial charge in [-0.1, -0.05) is 66.7 Å². The van der Waals surface area contributed by atoms with Crippen LogP contribution >= 0.6 is 0 Å². The summed E-state index contributed by atoms with van der Waals surface area (Å²) in [5.41, 5.74) is 4.43. The van der Waals surface area contributed by atoms with Crippen LogP contribution in [-0.4, -0.2) is 37.9 Å². The number of hydrogen-bond acceptors (Lipinski definition) is 3. The molecular weight excluding hydrogens is 382 g/mol. The van der Waals surface area contributed by atoms with E-state index in [4.69, 9.17) is 4.74 Å². The zero-order chi connectivity index (χ0) is 21.6. The van der Waals surface area contributed by atoms with Gasteiger partial charge in [0.2, 0.25) is 0 Å². The Morgan fingerprint density at radius 1 is 0.903 bits per heavy atom. The van der Waals surface area contributed by atoms with Gasteiger partial charge in [-0.05, 0) is 62.2 Å². The van der Waals surface area contributed by atoms with Gasteiger partial charge in [-0.3, -0.25) is 4.79 Å². The molecule has 2 atom stereocenters. The van der Waals surface area contributed by atoms with Crippen molar-refractivity contribution in [2.24, 2.45) is 5.92 Å². The minimum atomic E-state index is -0.0517. The van der Waals surface area contributed by atoms with Crippen LogP contribution in [0.1, 0.15) is 45.8 Å². The third kappa shape index (κ3) is 5.05. The molecule has 0 radical (unpaired) electrons. The molecule has 0 bridgehead atoms. The number of fused-ring (bicyclic) bond motifs is 1. The van der Waals surface area contributed by atoms with E-state index in [-0.39, 0.29) is 17.6 Å². The first-order valence-corrected chi connectivity index (χ1v) is 11.2. The maximum absolute atomic E-state index is 13.5. The van der Waals surface area contributed by atoms with E-state index in [1.165, 1.54) is 16.7 Å².